The Hall–Kier alpha value is -2.88. The Kier molecular flexibility index (Phi) is 4.24. The predicted octanol–water partition coefficient (Wildman–Crippen LogP) is 3.60. The Bertz CT molecular complexity index is 897. The maximum absolute atomic E-state index is 12.4. The summed E-state index contributed by atoms with van der Waals surface area (Å²) in [6, 6.07) is 16.7. The zero-order valence-electron chi connectivity index (χ0n) is 12.8. The standard InChI is InChI=1S/C19H17NO3/c1-2-12-20-18(21)17-16(13-8-4-3-5-9-13)14-10-6-7-11-15(14)19(22)23-17/h3-11H,2,12H2,1H3,(H,20,21). The van der Waals surface area contributed by atoms with Crippen molar-refractivity contribution in [3.8, 4) is 11.1 Å². The number of amides is 1. The molecule has 3 rings (SSSR count). The van der Waals surface area contributed by atoms with Crippen LogP contribution in [0.2, 0.25) is 0 Å². The summed E-state index contributed by atoms with van der Waals surface area (Å²) in [4.78, 5) is 24.7. The molecule has 0 unspecified atom stereocenters. The van der Waals surface area contributed by atoms with E-state index in [1.54, 1.807) is 12.1 Å². The Morgan fingerprint density at radius 3 is 2.35 bits per heavy atom. The maximum Gasteiger partial charge on any atom is 0.344 e. The van der Waals surface area contributed by atoms with Crippen LogP contribution in [0, 0.1) is 0 Å². The first kappa shape index (κ1) is 15.0. The van der Waals surface area contributed by atoms with Crippen LogP contribution < -0.4 is 10.9 Å². The highest BCUT2D eigenvalue weighted by molar-refractivity contribution is 6.07. The lowest BCUT2D eigenvalue weighted by atomic mass is 9.98. The molecule has 4 nitrogen and oxygen atoms in total. The van der Waals surface area contributed by atoms with Gasteiger partial charge in [0.15, 0.2) is 0 Å². The fourth-order valence-corrected chi connectivity index (χ4v) is 2.57. The van der Waals surface area contributed by atoms with Crippen LogP contribution in [0.4, 0.5) is 0 Å². The normalized spacial score (nSPS) is 10.7. The van der Waals surface area contributed by atoms with Crippen molar-refractivity contribution in [2.24, 2.45) is 0 Å². The second-order valence-electron chi connectivity index (χ2n) is 5.26. The molecule has 0 atom stereocenters. The molecule has 0 aliphatic heterocycles. The molecule has 1 aromatic heterocycles. The summed E-state index contributed by atoms with van der Waals surface area (Å²) in [5.74, 6) is -0.304. The van der Waals surface area contributed by atoms with E-state index in [2.05, 4.69) is 5.32 Å². The zero-order chi connectivity index (χ0) is 16.2. The van der Waals surface area contributed by atoms with E-state index in [0.29, 0.717) is 17.5 Å². The van der Waals surface area contributed by atoms with Crippen LogP contribution in [0.25, 0.3) is 21.9 Å². The molecular weight excluding hydrogens is 290 g/mol. The van der Waals surface area contributed by atoms with Gasteiger partial charge in [-0.2, -0.15) is 0 Å². The number of nitrogens with one attached hydrogen (secondary N) is 1. The first-order valence-corrected chi connectivity index (χ1v) is 7.62. The Balaban J connectivity index is 2.30. The van der Waals surface area contributed by atoms with Crippen molar-refractivity contribution in [3.63, 3.8) is 0 Å². The number of hydrogen-bond donors (Lipinski definition) is 1. The third-order valence-corrected chi connectivity index (χ3v) is 3.64. The van der Waals surface area contributed by atoms with Crippen LogP contribution in [0.5, 0.6) is 0 Å². The molecule has 0 aliphatic carbocycles. The second-order valence-corrected chi connectivity index (χ2v) is 5.26. The average Bonchev–Trinajstić information content (AvgIpc) is 2.60. The van der Waals surface area contributed by atoms with E-state index < -0.39 is 5.63 Å². The van der Waals surface area contributed by atoms with Gasteiger partial charge in [-0.25, -0.2) is 4.79 Å². The number of carbonyl (C=O) groups is 1. The second kappa shape index (κ2) is 6.48. The summed E-state index contributed by atoms with van der Waals surface area (Å²) in [6.07, 6.45) is 0.810. The molecule has 4 heteroatoms. The summed E-state index contributed by atoms with van der Waals surface area (Å²) in [6.45, 7) is 2.50. The predicted molar refractivity (Wildman–Crippen MR) is 90.5 cm³/mol. The van der Waals surface area contributed by atoms with Crippen molar-refractivity contribution in [2.45, 2.75) is 13.3 Å². The van der Waals surface area contributed by atoms with Crippen LogP contribution in [0.1, 0.15) is 23.9 Å². The minimum Gasteiger partial charge on any atom is -0.416 e. The lowest BCUT2D eigenvalue weighted by molar-refractivity contribution is 0.0923. The molecule has 0 saturated heterocycles. The highest BCUT2D eigenvalue weighted by Gasteiger charge is 2.20. The Morgan fingerprint density at radius 1 is 1.00 bits per heavy atom. The van der Waals surface area contributed by atoms with E-state index in [0.717, 1.165) is 17.4 Å². The van der Waals surface area contributed by atoms with E-state index in [1.807, 2.05) is 49.4 Å². The van der Waals surface area contributed by atoms with E-state index >= 15 is 0 Å². The molecule has 0 saturated carbocycles. The minimum absolute atomic E-state index is 0.0633. The molecule has 116 valence electrons. The van der Waals surface area contributed by atoms with Crippen LogP contribution >= 0.6 is 0 Å². The Morgan fingerprint density at radius 2 is 1.65 bits per heavy atom. The lowest BCUT2D eigenvalue weighted by Gasteiger charge is -2.11. The van der Waals surface area contributed by atoms with Crippen molar-refractivity contribution in [3.05, 3.63) is 70.8 Å². The average molecular weight is 307 g/mol. The smallest absolute Gasteiger partial charge is 0.344 e. The van der Waals surface area contributed by atoms with Gasteiger partial charge in [-0.1, -0.05) is 55.5 Å². The molecule has 0 fully saturated rings. The highest BCUT2D eigenvalue weighted by atomic mass is 16.4. The van der Waals surface area contributed by atoms with Crippen molar-refractivity contribution in [1.29, 1.82) is 0 Å². The molecule has 2 aromatic carbocycles. The number of carbonyl (C=O) groups excluding carboxylic acids is 1. The summed E-state index contributed by atoms with van der Waals surface area (Å²) < 4.78 is 5.37. The first-order valence-electron chi connectivity index (χ1n) is 7.62. The molecular formula is C19H17NO3. The van der Waals surface area contributed by atoms with Gasteiger partial charge in [0.2, 0.25) is 5.76 Å². The van der Waals surface area contributed by atoms with Crippen molar-refractivity contribution in [2.75, 3.05) is 6.54 Å². The van der Waals surface area contributed by atoms with Gasteiger partial charge >= 0.3 is 5.63 Å². The van der Waals surface area contributed by atoms with Gasteiger partial charge in [-0.05, 0) is 18.1 Å². The van der Waals surface area contributed by atoms with Crippen LogP contribution in [0.3, 0.4) is 0 Å². The van der Waals surface area contributed by atoms with Gasteiger partial charge in [-0.3, -0.25) is 4.79 Å². The quantitative estimate of drug-likeness (QED) is 0.801. The molecule has 0 bridgehead atoms. The molecule has 1 amide bonds. The molecule has 3 aromatic rings. The number of benzene rings is 2. The van der Waals surface area contributed by atoms with Gasteiger partial charge in [0, 0.05) is 17.5 Å². The summed E-state index contributed by atoms with van der Waals surface area (Å²) in [7, 11) is 0. The highest BCUT2D eigenvalue weighted by Crippen LogP contribution is 2.30. The third-order valence-electron chi connectivity index (χ3n) is 3.64. The summed E-state index contributed by atoms with van der Waals surface area (Å²) in [5, 5.41) is 3.97. The monoisotopic (exact) mass is 307 g/mol. The molecule has 1 N–H and O–H groups in total. The van der Waals surface area contributed by atoms with E-state index in [-0.39, 0.29) is 11.7 Å². The maximum atomic E-state index is 12.4. The molecule has 1 heterocycles. The topological polar surface area (TPSA) is 59.3 Å². The third kappa shape index (κ3) is 2.88. The van der Waals surface area contributed by atoms with E-state index in [4.69, 9.17) is 4.42 Å². The number of rotatable bonds is 4. The first-order chi connectivity index (χ1) is 11.2. The fourth-order valence-electron chi connectivity index (χ4n) is 2.57. The van der Waals surface area contributed by atoms with Gasteiger partial charge in [0.1, 0.15) is 0 Å². The van der Waals surface area contributed by atoms with Crippen LogP contribution in [0.15, 0.2) is 63.8 Å². The van der Waals surface area contributed by atoms with Crippen LogP contribution in [-0.2, 0) is 0 Å². The number of hydrogen-bond acceptors (Lipinski definition) is 3. The van der Waals surface area contributed by atoms with Crippen LogP contribution in [-0.4, -0.2) is 12.5 Å². The van der Waals surface area contributed by atoms with E-state index in [1.165, 1.54) is 0 Å². The van der Waals surface area contributed by atoms with E-state index in [9.17, 15) is 9.59 Å². The van der Waals surface area contributed by atoms with Gasteiger partial charge < -0.3 is 9.73 Å². The summed E-state index contributed by atoms with van der Waals surface area (Å²) >= 11 is 0. The number of fused-ring (bicyclic) bond motifs is 1. The van der Waals surface area contributed by atoms with Crippen molar-refractivity contribution < 1.29 is 9.21 Å². The molecule has 0 radical (unpaired) electrons. The summed E-state index contributed by atoms with van der Waals surface area (Å²) in [5.41, 5.74) is 0.991. The Labute approximate surface area is 133 Å². The fraction of sp³-hybridized carbons (Fsp3) is 0.158. The molecule has 0 spiro atoms. The molecule has 23 heavy (non-hydrogen) atoms. The molecule has 0 aliphatic rings. The van der Waals surface area contributed by atoms with Gasteiger partial charge in [0.25, 0.3) is 5.91 Å². The zero-order valence-corrected chi connectivity index (χ0v) is 12.8. The van der Waals surface area contributed by atoms with Gasteiger partial charge in [-0.15, -0.1) is 0 Å². The van der Waals surface area contributed by atoms with Crippen molar-refractivity contribution in [1.82, 2.24) is 5.32 Å². The minimum atomic E-state index is -0.498. The van der Waals surface area contributed by atoms with Gasteiger partial charge in [0.05, 0.1) is 5.39 Å². The lowest BCUT2D eigenvalue weighted by Crippen LogP contribution is -2.26. The SMILES string of the molecule is CCCNC(=O)c1oc(=O)c2ccccc2c1-c1ccccc1. The van der Waals surface area contributed by atoms with Crippen molar-refractivity contribution >= 4 is 16.7 Å². The largest absolute Gasteiger partial charge is 0.416 e.